The normalized spacial score (nSPS) is 10.3. The molecule has 0 aliphatic rings. The number of carbonyl (C=O) groups excluding carboxylic acids is 1. The average molecular weight is 148 g/mol. The monoisotopic (exact) mass is 148 g/mol. The Hall–Kier alpha value is -0.430. The Balaban J connectivity index is 3.39. The molecule has 0 radical (unpaired) electrons. The molecule has 0 bridgehead atoms. The molecule has 0 saturated heterocycles. The molecule has 0 aliphatic heterocycles. The van der Waals surface area contributed by atoms with Gasteiger partial charge in [0.2, 0.25) is 5.78 Å². The summed E-state index contributed by atoms with van der Waals surface area (Å²) in [5, 5.41) is 8.06. The van der Waals surface area contributed by atoms with E-state index >= 15 is 0 Å². The molecule has 3 nitrogen and oxygen atoms in total. The third-order valence-electron chi connectivity index (χ3n) is 0.841. The first-order valence-electron chi connectivity index (χ1n) is 2.59. The fourth-order valence-electron chi connectivity index (χ4n) is 0.345. The summed E-state index contributed by atoms with van der Waals surface area (Å²) in [7, 11) is 0.659. The molecule has 52 valence electrons. The molecule has 0 amide bonds. The zero-order chi connectivity index (χ0) is 7.28. The lowest BCUT2D eigenvalue weighted by Crippen LogP contribution is -2.12. The minimum absolute atomic E-state index is 0.185. The average Bonchev–Trinajstić information content (AvgIpc) is 1.82. The number of aliphatic carboxylic acids is 1. The summed E-state index contributed by atoms with van der Waals surface area (Å²) < 4.78 is 0. The first-order valence-corrected chi connectivity index (χ1v) is 4.30. The highest BCUT2D eigenvalue weighted by Crippen LogP contribution is 2.03. The van der Waals surface area contributed by atoms with Crippen molar-refractivity contribution in [1.82, 2.24) is 0 Å². The van der Waals surface area contributed by atoms with Gasteiger partial charge < -0.3 is 5.11 Å². The Morgan fingerprint density at radius 2 is 2.11 bits per heavy atom. The smallest absolute Gasteiger partial charge is 0.372 e. The van der Waals surface area contributed by atoms with Crippen LogP contribution in [0.3, 0.4) is 0 Å². The van der Waals surface area contributed by atoms with Crippen LogP contribution in [0.5, 0.6) is 0 Å². The minimum atomic E-state index is -1.31. The van der Waals surface area contributed by atoms with Crippen molar-refractivity contribution in [3.8, 4) is 0 Å². The molecule has 1 unspecified atom stereocenters. The zero-order valence-corrected chi connectivity index (χ0v) is 6.18. The Labute approximate surface area is 55.2 Å². The fourth-order valence-corrected chi connectivity index (χ4v) is 0.823. The molecule has 0 aliphatic carbocycles. The van der Waals surface area contributed by atoms with Gasteiger partial charge in [-0.15, -0.1) is 8.58 Å². The second-order valence-electron chi connectivity index (χ2n) is 1.58. The number of hydrogen-bond acceptors (Lipinski definition) is 2. The van der Waals surface area contributed by atoms with Crippen LogP contribution in [0.25, 0.3) is 0 Å². The Kier molecular flexibility index (Phi) is 4.24. The lowest BCUT2D eigenvalue weighted by atomic mass is 10.3. The van der Waals surface area contributed by atoms with Crippen LogP contribution in [-0.4, -0.2) is 29.7 Å². The molecule has 0 rings (SSSR count). The molecule has 0 aromatic carbocycles. The lowest BCUT2D eigenvalue weighted by Gasteiger charge is -1.89. The first kappa shape index (κ1) is 8.57. The van der Waals surface area contributed by atoms with Gasteiger partial charge in [0.1, 0.15) is 0 Å². The summed E-state index contributed by atoms with van der Waals surface area (Å²) in [6.07, 6.45) is 0.884. The Morgan fingerprint density at radius 3 is 2.44 bits per heavy atom. The predicted octanol–water partition coefficient (Wildman–Crippen LogP) is 0.338. The van der Waals surface area contributed by atoms with Gasteiger partial charge in [-0.25, -0.2) is 4.79 Å². The molecule has 1 atom stereocenters. The summed E-state index contributed by atoms with van der Waals surface area (Å²) in [5.41, 5.74) is 0. The van der Waals surface area contributed by atoms with E-state index in [9.17, 15) is 9.59 Å². The number of ketones is 1. The molecule has 0 fully saturated rings. The standard InChI is InChI=1S/C5H9O3P/c1-9-3-2-4(6)5(7)8/h9H,2-3H2,1H3,(H,7,8). The van der Waals surface area contributed by atoms with Crippen molar-refractivity contribution in [3.63, 3.8) is 0 Å². The van der Waals surface area contributed by atoms with Gasteiger partial charge in [0.05, 0.1) is 0 Å². The third kappa shape index (κ3) is 4.10. The van der Waals surface area contributed by atoms with Crippen molar-refractivity contribution in [2.75, 3.05) is 12.8 Å². The number of hydrogen-bond donors (Lipinski definition) is 1. The Bertz CT molecular complexity index is 121. The highest BCUT2D eigenvalue weighted by atomic mass is 31.1. The van der Waals surface area contributed by atoms with Crippen molar-refractivity contribution in [2.45, 2.75) is 6.42 Å². The van der Waals surface area contributed by atoms with Gasteiger partial charge in [0, 0.05) is 6.42 Å². The number of Topliss-reactive ketones (excluding diaryl/α,β-unsaturated/α-hetero) is 1. The number of carboxylic acids is 1. The van der Waals surface area contributed by atoms with Crippen molar-refractivity contribution in [1.29, 1.82) is 0 Å². The van der Waals surface area contributed by atoms with Gasteiger partial charge in [0.25, 0.3) is 0 Å². The molecule has 0 saturated carbocycles. The molecular weight excluding hydrogens is 139 g/mol. The van der Waals surface area contributed by atoms with Crippen LogP contribution in [0.1, 0.15) is 6.42 Å². The molecule has 0 aromatic rings. The summed E-state index contributed by atoms with van der Waals surface area (Å²) >= 11 is 0. The van der Waals surface area contributed by atoms with Crippen molar-refractivity contribution in [3.05, 3.63) is 0 Å². The van der Waals surface area contributed by atoms with Crippen molar-refractivity contribution >= 4 is 20.3 Å². The van der Waals surface area contributed by atoms with E-state index in [4.69, 9.17) is 5.11 Å². The molecule has 0 spiro atoms. The summed E-state index contributed by atoms with van der Waals surface area (Å²) in [6.45, 7) is 1.94. The van der Waals surface area contributed by atoms with Crippen molar-refractivity contribution < 1.29 is 14.7 Å². The SMILES string of the molecule is CPCCC(=O)C(=O)O. The van der Waals surface area contributed by atoms with Gasteiger partial charge in [0.15, 0.2) is 0 Å². The third-order valence-corrected chi connectivity index (χ3v) is 1.59. The van der Waals surface area contributed by atoms with Gasteiger partial charge in [-0.1, -0.05) is 0 Å². The maximum Gasteiger partial charge on any atom is 0.372 e. The van der Waals surface area contributed by atoms with E-state index in [1.54, 1.807) is 0 Å². The lowest BCUT2D eigenvalue weighted by molar-refractivity contribution is -0.148. The molecule has 9 heavy (non-hydrogen) atoms. The van der Waals surface area contributed by atoms with E-state index in [-0.39, 0.29) is 6.42 Å². The highest BCUT2D eigenvalue weighted by molar-refractivity contribution is 7.37. The van der Waals surface area contributed by atoms with Crippen LogP contribution >= 0.6 is 8.58 Å². The quantitative estimate of drug-likeness (QED) is 0.462. The molecular formula is C5H9O3P. The molecule has 0 aromatic heterocycles. The molecule has 4 heteroatoms. The number of carbonyl (C=O) groups is 2. The fraction of sp³-hybridized carbons (Fsp3) is 0.600. The first-order chi connectivity index (χ1) is 4.18. The maximum absolute atomic E-state index is 10.3. The largest absolute Gasteiger partial charge is 0.476 e. The summed E-state index contributed by atoms with van der Waals surface area (Å²) in [6, 6.07) is 0. The van der Waals surface area contributed by atoms with Gasteiger partial charge in [-0.3, -0.25) is 4.79 Å². The van der Waals surface area contributed by atoms with Crippen LogP contribution in [0.15, 0.2) is 0 Å². The highest BCUT2D eigenvalue weighted by Gasteiger charge is 2.08. The topological polar surface area (TPSA) is 54.4 Å². The van der Waals surface area contributed by atoms with Crippen LogP contribution in [0, 0.1) is 0 Å². The summed E-state index contributed by atoms with van der Waals surface area (Å²) in [4.78, 5) is 20.2. The van der Waals surface area contributed by atoms with E-state index in [1.807, 2.05) is 6.66 Å². The minimum Gasteiger partial charge on any atom is -0.476 e. The second kappa shape index (κ2) is 4.45. The molecule has 0 heterocycles. The maximum atomic E-state index is 10.3. The Morgan fingerprint density at radius 1 is 1.56 bits per heavy atom. The van der Waals surface area contributed by atoms with Gasteiger partial charge >= 0.3 is 5.97 Å². The van der Waals surface area contributed by atoms with E-state index in [2.05, 4.69) is 0 Å². The second-order valence-corrected chi connectivity index (χ2v) is 2.79. The van der Waals surface area contributed by atoms with Gasteiger partial charge in [-0.2, -0.15) is 0 Å². The summed E-state index contributed by atoms with van der Waals surface area (Å²) in [5.74, 6) is -1.99. The van der Waals surface area contributed by atoms with Gasteiger partial charge in [-0.05, 0) is 12.8 Å². The van der Waals surface area contributed by atoms with E-state index < -0.39 is 11.8 Å². The predicted molar refractivity (Wildman–Crippen MR) is 36.4 cm³/mol. The molecule has 1 N–H and O–H groups in total. The van der Waals surface area contributed by atoms with Crippen LogP contribution in [0.4, 0.5) is 0 Å². The number of rotatable bonds is 4. The van der Waals surface area contributed by atoms with E-state index in [0.29, 0.717) is 14.7 Å². The van der Waals surface area contributed by atoms with Crippen LogP contribution in [0.2, 0.25) is 0 Å². The zero-order valence-electron chi connectivity index (χ0n) is 5.18. The van der Waals surface area contributed by atoms with E-state index in [0.717, 1.165) is 0 Å². The van der Waals surface area contributed by atoms with Crippen LogP contribution < -0.4 is 0 Å². The van der Waals surface area contributed by atoms with E-state index in [1.165, 1.54) is 0 Å². The van der Waals surface area contributed by atoms with Crippen LogP contribution in [-0.2, 0) is 9.59 Å². The number of carboxylic acid groups (broad SMARTS) is 1. The van der Waals surface area contributed by atoms with Crippen molar-refractivity contribution in [2.24, 2.45) is 0 Å².